The Labute approximate surface area is 127 Å². The van der Waals surface area contributed by atoms with Gasteiger partial charge in [-0.25, -0.2) is 9.97 Å². The number of aromatic amines is 1. The van der Waals surface area contributed by atoms with Crippen LogP contribution in [0.3, 0.4) is 0 Å². The summed E-state index contributed by atoms with van der Waals surface area (Å²) in [5, 5.41) is 0.548. The van der Waals surface area contributed by atoms with Crippen molar-refractivity contribution in [2.24, 2.45) is 0 Å². The second-order valence-corrected chi connectivity index (χ2v) is 5.81. The monoisotopic (exact) mass is 306 g/mol. The highest BCUT2D eigenvalue weighted by atomic mass is 35.5. The van der Waals surface area contributed by atoms with Crippen molar-refractivity contribution in [3.8, 4) is 0 Å². The first-order valence-corrected chi connectivity index (χ1v) is 7.32. The first kappa shape index (κ1) is 13.7. The van der Waals surface area contributed by atoms with E-state index in [1.165, 1.54) is 16.8 Å². The number of nitrogens with one attached hydrogen (secondary N) is 1. The molecular weight excluding hydrogens is 292 g/mol. The van der Waals surface area contributed by atoms with E-state index in [1.807, 2.05) is 19.2 Å². The largest absolute Gasteiger partial charge is 0.334 e. The van der Waals surface area contributed by atoms with Crippen molar-refractivity contribution >= 4 is 23.8 Å². The summed E-state index contributed by atoms with van der Waals surface area (Å²) in [6.07, 6.45) is 2.86. The van der Waals surface area contributed by atoms with Crippen LogP contribution in [0, 0.1) is 11.7 Å². The van der Waals surface area contributed by atoms with Gasteiger partial charge in [-0.3, -0.25) is 4.90 Å². The molecule has 0 unspecified atom stereocenters. The van der Waals surface area contributed by atoms with Gasteiger partial charge in [0.15, 0.2) is 4.77 Å². The summed E-state index contributed by atoms with van der Waals surface area (Å²) >= 11 is 11.0. The van der Waals surface area contributed by atoms with Crippen LogP contribution in [0.2, 0.25) is 5.15 Å². The van der Waals surface area contributed by atoms with E-state index >= 15 is 0 Å². The van der Waals surface area contributed by atoms with E-state index in [2.05, 4.69) is 25.9 Å². The van der Waals surface area contributed by atoms with E-state index < -0.39 is 0 Å². The van der Waals surface area contributed by atoms with Crippen LogP contribution >= 0.6 is 23.8 Å². The van der Waals surface area contributed by atoms with Crippen LogP contribution in [0.15, 0.2) is 18.3 Å². The SMILES string of the molecule is Cc1nc(Cl)ccc1CN1CCc2[nH]c(=S)ncc2C1. The van der Waals surface area contributed by atoms with Crippen molar-refractivity contribution in [2.45, 2.75) is 26.4 Å². The van der Waals surface area contributed by atoms with E-state index in [-0.39, 0.29) is 0 Å². The molecule has 4 nitrogen and oxygen atoms in total. The number of halogens is 1. The average molecular weight is 307 g/mol. The molecule has 2 aromatic rings. The molecule has 2 aromatic heterocycles. The highest BCUT2D eigenvalue weighted by Gasteiger charge is 2.17. The second kappa shape index (κ2) is 5.60. The predicted molar refractivity (Wildman–Crippen MR) is 81.2 cm³/mol. The van der Waals surface area contributed by atoms with Crippen LogP contribution in [0.4, 0.5) is 0 Å². The van der Waals surface area contributed by atoms with Gasteiger partial charge < -0.3 is 4.98 Å². The summed E-state index contributed by atoms with van der Waals surface area (Å²) in [6.45, 7) is 4.77. The lowest BCUT2D eigenvalue weighted by Gasteiger charge is -2.28. The molecule has 3 rings (SSSR count). The van der Waals surface area contributed by atoms with Crippen molar-refractivity contribution in [3.63, 3.8) is 0 Å². The van der Waals surface area contributed by atoms with Crippen molar-refractivity contribution < 1.29 is 0 Å². The lowest BCUT2D eigenvalue weighted by molar-refractivity contribution is 0.242. The highest BCUT2D eigenvalue weighted by Crippen LogP contribution is 2.19. The van der Waals surface area contributed by atoms with Crippen LogP contribution < -0.4 is 0 Å². The third kappa shape index (κ3) is 2.90. The number of nitrogens with zero attached hydrogens (tertiary/aromatic N) is 3. The topological polar surface area (TPSA) is 44.8 Å². The normalized spacial score (nSPS) is 15.1. The minimum atomic E-state index is 0.548. The number of aromatic nitrogens is 3. The molecule has 104 valence electrons. The second-order valence-electron chi connectivity index (χ2n) is 5.03. The molecule has 6 heteroatoms. The Kier molecular flexibility index (Phi) is 3.83. The quantitative estimate of drug-likeness (QED) is 0.684. The summed E-state index contributed by atoms with van der Waals surface area (Å²) in [7, 11) is 0. The molecule has 0 amide bonds. The van der Waals surface area contributed by atoms with Crippen LogP contribution in [-0.2, 0) is 19.5 Å². The molecule has 1 aliphatic heterocycles. The lowest BCUT2D eigenvalue weighted by Crippen LogP contribution is -2.31. The predicted octanol–water partition coefficient (Wildman–Crippen LogP) is 3.05. The summed E-state index contributed by atoms with van der Waals surface area (Å²) in [5.74, 6) is 0. The molecule has 1 aliphatic rings. The highest BCUT2D eigenvalue weighted by molar-refractivity contribution is 7.71. The molecule has 0 saturated carbocycles. The van der Waals surface area contributed by atoms with Crippen LogP contribution in [0.25, 0.3) is 0 Å². The van der Waals surface area contributed by atoms with Crippen LogP contribution in [0.1, 0.15) is 22.5 Å². The lowest BCUT2D eigenvalue weighted by atomic mass is 10.1. The Morgan fingerprint density at radius 3 is 3.10 bits per heavy atom. The number of hydrogen-bond acceptors (Lipinski definition) is 4. The van der Waals surface area contributed by atoms with Crippen molar-refractivity contribution in [1.82, 2.24) is 19.9 Å². The standard InChI is InChI=1S/C14H15ClN4S/c1-9-10(2-3-13(15)17-9)7-19-5-4-12-11(8-19)6-16-14(20)18-12/h2-3,6H,4-5,7-8H2,1H3,(H,16,18,20). The minimum absolute atomic E-state index is 0.548. The minimum Gasteiger partial charge on any atom is -0.334 e. The average Bonchev–Trinajstić information content (AvgIpc) is 2.42. The molecule has 0 bridgehead atoms. The number of H-pyrrole nitrogens is 1. The van der Waals surface area contributed by atoms with E-state index in [9.17, 15) is 0 Å². The molecule has 0 radical (unpaired) electrons. The Morgan fingerprint density at radius 2 is 2.30 bits per heavy atom. The van der Waals surface area contributed by atoms with E-state index in [0.717, 1.165) is 31.7 Å². The zero-order valence-electron chi connectivity index (χ0n) is 11.2. The fourth-order valence-electron chi connectivity index (χ4n) is 2.51. The van der Waals surface area contributed by atoms with Gasteiger partial charge in [-0.1, -0.05) is 17.7 Å². The van der Waals surface area contributed by atoms with Gasteiger partial charge in [-0.15, -0.1) is 0 Å². The molecule has 0 atom stereocenters. The Morgan fingerprint density at radius 1 is 1.45 bits per heavy atom. The smallest absolute Gasteiger partial charge is 0.196 e. The Hall–Kier alpha value is -1.30. The molecule has 0 spiro atoms. The van der Waals surface area contributed by atoms with E-state index in [4.69, 9.17) is 23.8 Å². The molecule has 0 aromatic carbocycles. The Bertz CT molecular complexity index is 698. The van der Waals surface area contributed by atoms with Gasteiger partial charge >= 0.3 is 0 Å². The summed E-state index contributed by atoms with van der Waals surface area (Å²) in [5.41, 5.74) is 4.65. The van der Waals surface area contributed by atoms with Crippen LogP contribution in [-0.4, -0.2) is 26.4 Å². The maximum atomic E-state index is 5.89. The van der Waals surface area contributed by atoms with Gasteiger partial charge in [0.1, 0.15) is 5.15 Å². The van der Waals surface area contributed by atoms with Crippen molar-refractivity contribution in [3.05, 3.63) is 50.8 Å². The van der Waals surface area contributed by atoms with Crippen molar-refractivity contribution in [2.75, 3.05) is 6.54 Å². The van der Waals surface area contributed by atoms with Gasteiger partial charge in [0.05, 0.1) is 0 Å². The van der Waals surface area contributed by atoms with Crippen molar-refractivity contribution in [1.29, 1.82) is 0 Å². The molecular formula is C14H15ClN4S. The number of rotatable bonds is 2. The van der Waals surface area contributed by atoms with E-state index in [0.29, 0.717) is 9.92 Å². The number of pyridine rings is 1. The fraction of sp³-hybridized carbons (Fsp3) is 0.357. The zero-order chi connectivity index (χ0) is 14.1. The first-order chi connectivity index (χ1) is 9.61. The maximum Gasteiger partial charge on any atom is 0.196 e. The molecule has 0 aliphatic carbocycles. The molecule has 20 heavy (non-hydrogen) atoms. The Balaban J connectivity index is 1.77. The molecule has 0 saturated heterocycles. The zero-order valence-corrected chi connectivity index (χ0v) is 12.8. The third-order valence-corrected chi connectivity index (χ3v) is 4.03. The first-order valence-electron chi connectivity index (χ1n) is 6.53. The van der Waals surface area contributed by atoms with Gasteiger partial charge in [-0.2, -0.15) is 0 Å². The van der Waals surface area contributed by atoms with E-state index in [1.54, 1.807) is 0 Å². The third-order valence-electron chi connectivity index (χ3n) is 3.61. The molecule has 3 heterocycles. The summed E-state index contributed by atoms with van der Waals surface area (Å²) in [4.78, 5) is 14.0. The molecule has 1 N–H and O–H groups in total. The number of hydrogen-bond donors (Lipinski definition) is 1. The summed E-state index contributed by atoms with van der Waals surface area (Å²) in [6, 6.07) is 3.90. The number of fused-ring (bicyclic) bond motifs is 1. The maximum absolute atomic E-state index is 5.89. The fourth-order valence-corrected chi connectivity index (χ4v) is 2.87. The van der Waals surface area contributed by atoms with Gasteiger partial charge in [0.25, 0.3) is 0 Å². The van der Waals surface area contributed by atoms with Gasteiger partial charge in [-0.05, 0) is 30.8 Å². The molecule has 0 fully saturated rings. The van der Waals surface area contributed by atoms with Gasteiger partial charge in [0, 0.05) is 49.2 Å². The summed E-state index contributed by atoms with van der Waals surface area (Å²) < 4.78 is 0.565. The van der Waals surface area contributed by atoms with Crippen LogP contribution in [0.5, 0.6) is 0 Å². The number of aryl methyl sites for hydroxylation is 1. The van der Waals surface area contributed by atoms with Gasteiger partial charge in [0.2, 0.25) is 0 Å².